The Morgan fingerprint density at radius 2 is 1.67 bits per heavy atom. The van der Waals surface area contributed by atoms with Gasteiger partial charge >= 0.3 is 0 Å². The van der Waals surface area contributed by atoms with Crippen LogP contribution < -0.4 is 26.4 Å². The average molecular weight is 1060 g/mol. The number of allylic oxidation sites excluding steroid dienone is 1. The van der Waals surface area contributed by atoms with Crippen LogP contribution in [0, 0.1) is 12.3 Å². The van der Waals surface area contributed by atoms with Crippen molar-refractivity contribution >= 4 is 57.4 Å². The molecule has 2 saturated heterocycles. The number of aromatic nitrogens is 6. The topological polar surface area (TPSA) is 234 Å². The number of aliphatic hydroxyl groups excluding tert-OH is 1. The summed E-state index contributed by atoms with van der Waals surface area (Å²) in [6, 6.07) is 19.4. The van der Waals surface area contributed by atoms with Gasteiger partial charge < -0.3 is 45.4 Å². The summed E-state index contributed by atoms with van der Waals surface area (Å²) in [7, 11) is 0. The van der Waals surface area contributed by atoms with E-state index in [0.29, 0.717) is 54.7 Å². The van der Waals surface area contributed by atoms with Gasteiger partial charge in [0.05, 0.1) is 41.0 Å². The van der Waals surface area contributed by atoms with Crippen LogP contribution in [0.3, 0.4) is 0 Å². The van der Waals surface area contributed by atoms with Crippen LogP contribution in [0.1, 0.15) is 64.4 Å². The lowest BCUT2D eigenvalue weighted by Crippen LogP contribution is -2.58. The first-order valence-electron chi connectivity index (χ1n) is 25.7. The van der Waals surface area contributed by atoms with Crippen LogP contribution in [0.4, 0.5) is 17.3 Å². The van der Waals surface area contributed by atoms with Gasteiger partial charge in [0, 0.05) is 83.0 Å². The second kappa shape index (κ2) is 24.4. The summed E-state index contributed by atoms with van der Waals surface area (Å²) in [4.78, 5) is 79.4. The molecular formula is C55H70N12O8S. The molecule has 0 aliphatic carbocycles. The van der Waals surface area contributed by atoms with Crippen molar-refractivity contribution in [2.75, 3.05) is 75.9 Å². The number of thiazole rings is 1. The second-order valence-corrected chi connectivity index (χ2v) is 21.7. The molecule has 4 aromatic heterocycles. The summed E-state index contributed by atoms with van der Waals surface area (Å²) in [6.45, 7) is 20.5. The molecule has 5 N–H and O–H groups in total. The molecule has 0 radical (unpaired) electrons. The van der Waals surface area contributed by atoms with E-state index in [2.05, 4.69) is 59.4 Å². The molecule has 20 nitrogen and oxygen atoms in total. The number of amides is 3. The molecule has 0 spiro atoms. The Kier molecular flexibility index (Phi) is 17.8. The van der Waals surface area contributed by atoms with Crippen molar-refractivity contribution in [3.8, 4) is 16.3 Å². The number of benzene rings is 2. The van der Waals surface area contributed by atoms with E-state index < -0.39 is 41.0 Å². The van der Waals surface area contributed by atoms with Crippen molar-refractivity contribution in [1.29, 1.82) is 0 Å². The number of hydrogen-bond acceptors (Lipinski definition) is 16. The third kappa shape index (κ3) is 13.6. The number of nitrogens with zero attached hydrogens (tertiary/aromatic N) is 9. The number of nitrogens with one attached hydrogen (secondary N) is 3. The van der Waals surface area contributed by atoms with Gasteiger partial charge in [0.25, 0.3) is 5.56 Å². The van der Waals surface area contributed by atoms with E-state index in [-0.39, 0.29) is 44.1 Å². The molecule has 3 amide bonds. The number of anilines is 3. The molecule has 2 aromatic carbocycles. The third-order valence-corrected chi connectivity index (χ3v) is 14.5. The maximum absolute atomic E-state index is 14.0. The molecule has 76 heavy (non-hydrogen) atoms. The fourth-order valence-electron chi connectivity index (χ4n) is 9.31. The van der Waals surface area contributed by atoms with Crippen molar-refractivity contribution in [2.24, 2.45) is 5.41 Å². The Bertz CT molecular complexity index is 3030. The molecule has 2 aliphatic rings. The van der Waals surface area contributed by atoms with Crippen molar-refractivity contribution in [2.45, 2.75) is 91.3 Å². The highest BCUT2D eigenvalue weighted by Crippen LogP contribution is 2.29. The lowest BCUT2D eigenvalue weighted by Gasteiger charge is -2.36. The largest absolute Gasteiger partial charge is 0.391 e. The minimum Gasteiger partial charge on any atom is -0.391 e. The summed E-state index contributed by atoms with van der Waals surface area (Å²) >= 11 is 1.57. The van der Waals surface area contributed by atoms with Crippen LogP contribution in [0.2, 0.25) is 0 Å². The molecular weight excluding hydrogens is 989 g/mol. The maximum Gasteiger partial charge on any atom is 0.278 e. The van der Waals surface area contributed by atoms with Gasteiger partial charge in [0.15, 0.2) is 11.5 Å². The number of carbonyl (C=O) groups excluding carboxylic acids is 3. The van der Waals surface area contributed by atoms with E-state index in [1.165, 1.54) is 15.8 Å². The lowest BCUT2D eigenvalue weighted by molar-refractivity contribution is -0.144. The smallest absolute Gasteiger partial charge is 0.278 e. The van der Waals surface area contributed by atoms with Gasteiger partial charge in [0.1, 0.15) is 29.7 Å². The number of aryl methyl sites for hydroxylation is 1. The van der Waals surface area contributed by atoms with Crippen LogP contribution in [0.5, 0.6) is 0 Å². The lowest BCUT2D eigenvalue weighted by atomic mass is 9.85. The van der Waals surface area contributed by atoms with Gasteiger partial charge in [0.2, 0.25) is 23.7 Å². The van der Waals surface area contributed by atoms with Crippen molar-refractivity contribution in [3.63, 3.8) is 0 Å². The number of piperazine rings is 1. The van der Waals surface area contributed by atoms with E-state index in [4.69, 9.17) is 14.5 Å². The van der Waals surface area contributed by atoms with Crippen molar-refractivity contribution in [1.82, 2.24) is 49.7 Å². The fraction of sp³-hybridized carbons (Fsp3) is 0.455. The van der Waals surface area contributed by atoms with Crippen LogP contribution in [0.25, 0.3) is 27.3 Å². The molecule has 2 fully saturated rings. The summed E-state index contributed by atoms with van der Waals surface area (Å²) < 4.78 is 14.7. The summed E-state index contributed by atoms with van der Waals surface area (Å²) in [5, 5.41) is 30.6. The zero-order chi connectivity index (χ0) is 54.1. The molecule has 404 valence electrons. The highest BCUT2D eigenvalue weighted by molar-refractivity contribution is 7.13. The number of carbonyl (C=O) groups is 3. The van der Waals surface area contributed by atoms with Crippen LogP contribution in [0.15, 0.2) is 95.9 Å². The van der Waals surface area contributed by atoms with E-state index >= 15 is 0 Å². The Morgan fingerprint density at radius 3 is 2.36 bits per heavy atom. The summed E-state index contributed by atoms with van der Waals surface area (Å²) in [6.07, 6.45) is 2.96. The number of ether oxygens (including phenoxy) is 2. The first-order chi connectivity index (χ1) is 36.4. The van der Waals surface area contributed by atoms with Gasteiger partial charge in [-0.15, -0.1) is 17.9 Å². The van der Waals surface area contributed by atoms with Crippen molar-refractivity contribution in [3.05, 3.63) is 118 Å². The Hall–Kier alpha value is -6.88. The number of rotatable bonds is 22. The van der Waals surface area contributed by atoms with Crippen LogP contribution in [-0.2, 0) is 42.5 Å². The first kappa shape index (κ1) is 55.4. The Balaban J connectivity index is 0.726. The van der Waals surface area contributed by atoms with Gasteiger partial charge in [-0.2, -0.15) is 4.98 Å². The van der Waals surface area contributed by atoms with Gasteiger partial charge in [-0.3, -0.25) is 24.1 Å². The number of aliphatic hydroxyl groups is 2. The van der Waals surface area contributed by atoms with Gasteiger partial charge in [-0.1, -0.05) is 57.2 Å². The summed E-state index contributed by atoms with van der Waals surface area (Å²) in [5.41, 5.74) is 5.27. The monoisotopic (exact) mass is 1060 g/mol. The van der Waals surface area contributed by atoms with Gasteiger partial charge in [-0.05, 0) is 80.1 Å². The number of β-amino-alcohol motifs (C(OH)–C–C–N with tert-alkyl or cyclic N) is 1. The quantitative estimate of drug-likeness (QED) is 0.0449. The van der Waals surface area contributed by atoms with E-state index in [1.54, 1.807) is 54.1 Å². The standard InChI is InChI=1S/C55H70N12O8S/c1-8-21-66-51(71)42-32-57-53(62-49(42)67(66)45-12-9-11-44(60-45)55(6,7)73)59-39-17-19-40(20-18-39)64-24-22-63(23-25-64)26-29-74-27-10-28-75-34-46(69)61-48(54(3,4)5)52(72)65-33-41(68)30-43(65)50(70)56-31-37-13-15-38(16-14-37)47-36(2)58-35-76-47/h8-9,11-20,32,35,41,43,48,68,73H,1,10,21-31,33-34H2,2-7H3,(H,56,70)(H,61,69)(H,57,59,62)/t41-,43+,48-/m1/s1. The normalized spacial score (nSPS) is 16.7. The van der Waals surface area contributed by atoms with Gasteiger partial charge in [-0.25, -0.2) is 24.3 Å². The first-order valence-corrected chi connectivity index (χ1v) is 26.6. The maximum atomic E-state index is 14.0. The van der Waals surface area contributed by atoms with Crippen molar-refractivity contribution < 1.29 is 34.1 Å². The molecule has 0 saturated carbocycles. The molecule has 2 aliphatic heterocycles. The number of hydrogen-bond donors (Lipinski definition) is 5. The van der Waals surface area contributed by atoms with E-state index in [1.807, 2.05) is 69.6 Å². The van der Waals surface area contributed by atoms with E-state index in [9.17, 15) is 29.4 Å². The summed E-state index contributed by atoms with van der Waals surface area (Å²) in [5.74, 6) is -0.502. The minimum atomic E-state index is -1.19. The SMILES string of the molecule is C=CCn1c(=O)c2cnc(Nc3ccc(N4CCN(CCOCCCOCC(=O)N[C@H](C(=O)N5C[C@H](O)C[C@H]5C(=O)NCc5ccc(-c6scnc6C)cc5)C(C)(C)C)CC4)cc3)nc2n1-c1cccc(C(C)(C)O)n1. The second-order valence-electron chi connectivity index (χ2n) is 20.8. The Morgan fingerprint density at radius 1 is 0.934 bits per heavy atom. The molecule has 0 unspecified atom stereocenters. The molecule has 6 heterocycles. The molecule has 6 aromatic rings. The third-order valence-electron chi connectivity index (χ3n) is 13.5. The predicted molar refractivity (Wildman–Crippen MR) is 293 cm³/mol. The predicted octanol–water partition coefficient (Wildman–Crippen LogP) is 4.92. The number of likely N-dealkylation sites (tertiary alicyclic amines) is 1. The molecule has 8 rings (SSSR count). The molecule has 0 bridgehead atoms. The van der Waals surface area contributed by atoms with Crippen LogP contribution >= 0.6 is 11.3 Å². The van der Waals surface area contributed by atoms with Crippen LogP contribution in [-0.4, -0.2) is 151 Å². The fourth-order valence-corrected chi connectivity index (χ4v) is 10.1. The zero-order valence-electron chi connectivity index (χ0n) is 44.2. The molecule has 3 atom stereocenters. The number of pyridine rings is 1. The highest BCUT2D eigenvalue weighted by atomic mass is 32.1. The molecule has 21 heteroatoms. The Labute approximate surface area is 446 Å². The number of fused-ring (bicyclic) bond motifs is 1. The minimum absolute atomic E-state index is 0.0101. The average Bonchev–Trinajstić information content (AvgIpc) is 4.18. The van der Waals surface area contributed by atoms with E-state index in [0.717, 1.165) is 65.8 Å². The zero-order valence-corrected chi connectivity index (χ0v) is 45.0. The highest BCUT2D eigenvalue weighted by Gasteiger charge is 2.44.